The van der Waals surface area contributed by atoms with Gasteiger partial charge in [0, 0.05) is 37.7 Å². The number of methoxy groups -OCH3 is 1. The lowest BCUT2D eigenvalue weighted by molar-refractivity contribution is 0.134. The highest BCUT2D eigenvalue weighted by Gasteiger charge is 2.17. The number of rotatable bonds is 9. The van der Waals surface area contributed by atoms with Crippen molar-refractivity contribution in [3.8, 4) is 5.75 Å². The van der Waals surface area contributed by atoms with E-state index in [0.717, 1.165) is 63.7 Å². The van der Waals surface area contributed by atoms with Gasteiger partial charge in [0.15, 0.2) is 5.11 Å². The lowest BCUT2D eigenvalue weighted by atomic mass is 10.2. The Hall–Kier alpha value is -1.80. The summed E-state index contributed by atoms with van der Waals surface area (Å²) in [5.74, 6) is 1.59. The molecule has 0 spiro atoms. The maximum atomic E-state index is 6.17. The summed E-state index contributed by atoms with van der Waals surface area (Å²) in [6.45, 7) is 10.5. The molecule has 164 valence electrons. The van der Waals surface area contributed by atoms with Crippen LogP contribution < -0.4 is 10.1 Å². The van der Waals surface area contributed by atoms with Crippen LogP contribution in [0.25, 0.3) is 0 Å². The number of hydrogen-bond donors (Lipinski definition) is 1. The van der Waals surface area contributed by atoms with E-state index < -0.39 is 0 Å². The molecule has 2 heterocycles. The van der Waals surface area contributed by atoms with Crippen LogP contribution in [0, 0.1) is 0 Å². The van der Waals surface area contributed by atoms with E-state index >= 15 is 0 Å². The highest BCUT2D eigenvalue weighted by Crippen LogP contribution is 2.28. The third-order valence-electron chi connectivity index (χ3n) is 5.43. The largest absolute Gasteiger partial charge is 0.495 e. The van der Waals surface area contributed by atoms with Gasteiger partial charge in [0.25, 0.3) is 0 Å². The van der Waals surface area contributed by atoms with E-state index in [-0.39, 0.29) is 0 Å². The average Bonchev–Trinajstić information content (AvgIpc) is 3.27. The molecule has 1 saturated heterocycles. The van der Waals surface area contributed by atoms with Crippen molar-refractivity contribution in [1.29, 1.82) is 0 Å². The third kappa shape index (κ3) is 6.60. The summed E-state index contributed by atoms with van der Waals surface area (Å²) in [5, 5.41) is 4.56. The molecular weight excluding hydrogens is 420 g/mol. The van der Waals surface area contributed by atoms with Crippen LogP contribution in [0.1, 0.15) is 19.1 Å². The van der Waals surface area contributed by atoms with E-state index in [4.69, 9.17) is 33.0 Å². The Morgan fingerprint density at radius 2 is 2.00 bits per heavy atom. The zero-order valence-electron chi connectivity index (χ0n) is 17.8. The number of furan rings is 1. The molecule has 0 unspecified atom stereocenters. The van der Waals surface area contributed by atoms with Gasteiger partial charge in [-0.25, -0.2) is 0 Å². The number of nitrogens with zero attached hydrogens (tertiary/aromatic N) is 3. The molecule has 0 atom stereocenters. The second-order valence-electron chi connectivity index (χ2n) is 7.41. The number of thiocarbonyl (C=S) groups is 1. The van der Waals surface area contributed by atoms with E-state index in [9.17, 15) is 0 Å². The molecular formula is C22H31ClN4O2S. The van der Waals surface area contributed by atoms with Crippen molar-refractivity contribution >= 4 is 34.6 Å². The van der Waals surface area contributed by atoms with Crippen molar-refractivity contribution in [2.75, 3.05) is 58.2 Å². The lowest BCUT2D eigenvalue weighted by Crippen LogP contribution is -2.46. The maximum Gasteiger partial charge on any atom is 0.173 e. The molecule has 6 nitrogen and oxygen atoms in total. The van der Waals surface area contributed by atoms with Crippen molar-refractivity contribution in [2.24, 2.45) is 0 Å². The van der Waals surface area contributed by atoms with Crippen LogP contribution in [0.3, 0.4) is 0 Å². The fourth-order valence-electron chi connectivity index (χ4n) is 3.63. The molecule has 8 heteroatoms. The topological polar surface area (TPSA) is 44.1 Å². The fraction of sp³-hybridized carbons (Fsp3) is 0.500. The first-order chi connectivity index (χ1) is 14.6. The molecule has 3 rings (SSSR count). The summed E-state index contributed by atoms with van der Waals surface area (Å²) in [6, 6.07) is 9.33. The molecule has 1 aliphatic rings. The average molecular weight is 451 g/mol. The number of benzene rings is 1. The predicted octanol–water partition coefficient (Wildman–Crippen LogP) is 4.17. The molecule has 1 aliphatic heterocycles. The first kappa shape index (κ1) is 22.9. The molecule has 1 aromatic heterocycles. The Morgan fingerprint density at radius 1 is 1.23 bits per heavy atom. The number of piperazine rings is 1. The van der Waals surface area contributed by atoms with E-state index in [1.165, 1.54) is 0 Å². The Bertz CT molecular complexity index is 794. The number of hydrogen-bond acceptors (Lipinski definition) is 5. The quantitative estimate of drug-likeness (QED) is 0.575. The standard InChI is InChI=1S/C22H31ClN4O2S/c1-3-25-11-13-26(14-12-25)9-5-10-27(17-19-6-4-15-29-19)22(30)24-20-16-18(23)7-8-21(20)28-2/h4,6-8,15-16H,3,5,9-14,17H2,1-2H3,(H,24,30). The maximum absolute atomic E-state index is 6.17. The second-order valence-corrected chi connectivity index (χ2v) is 8.23. The summed E-state index contributed by atoms with van der Waals surface area (Å²) >= 11 is 11.9. The first-order valence-corrected chi connectivity index (χ1v) is 11.2. The van der Waals surface area contributed by atoms with E-state index in [2.05, 4.69) is 26.9 Å². The number of anilines is 1. The first-order valence-electron chi connectivity index (χ1n) is 10.5. The van der Waals surface area contributed by atoms with Gasteiger partial charge in [0.2, 0.25) is 0 Å². The number of likely N-dealkylation sites (N-methyl/N-ethyl adjacent to an activating group) is 1. The second kappa shape index (κ2) is 11.6. The number of ether oxygens (including phenoxy) is 1. The summed E-state index contributed by atoms with van der Waals surface area (Å²) in [5.41, 5.74) is 0.759. The van der Waals surface area contributed by atoms with E-state index in [1.807, 2.05) is 24.3 Å². The molecule has 0 bridgehead atoms. The monoisotopic (exact) mass is 450 g/mol. The molecule has 0 aliphatic carbocycles. The van der Waals surface area contributed by atoms with Gasteiger partial charge < -0.3 is 29.2 Å². The van der Waals surface area contributed by atoms with Gasteiger partial charge in [0.05, 0.1) is 25.6 Å². The molecule has 30 heavy (non-hydrogen) atoms. The normalized spacial score (nSPS) is 15.2. The smallest absolute Gasteiger partial charge is 0.173 e. The molecule has 0 amide bonds. The van der Waals surface area contributed by atoms with E-state index in [0.29, 0.717) is 22.4 Å². The Kier molecular flexibility index (Phi) is 8.81. The molecule has 1 aromatic carbocycles. The van der Waals surface area contributed by atoms with Gasteiger partial charge >= 0.3 is 0 Å². The van der Waals surface area contributed by atoms with Crippen LogP contribution in [-0.4, -0.2) is 72.7 Å². The van der Waals surface area contributed by atoms with Crippen LogP contribution in [0.4, 0.5) is 5.69 Å². The predicted molar refractivity (Wildman–Crippen MR) is 127 cm³/mol. The van der Waals surface area contributed by atoms with Crippen LogP contribution in [0.15, 0.2) is 41.0 Å². The fourth-order valence-corrected chi connectivity index (χ4v) is 4.07. The summed E-state index contributed by atoms with van der Waals surface area (Å²) in [6.07, 6.45) is 2.72. The van der Waals surface area contributed by atoms with Crippen molar-refractivity contribution in [1.82, 2.24) is 14.7 Å². The van der Waals surface area contributed by atoms with Crippen LogP contribution in [-0.2, 0) is 6.54 Å². The van der Waals surface area contributed by atoms with Gasteiger partial charge in [-0.1, -0.05) is 18.5 Å². The minimum Gasteiger partial charge on any atom is -0.495 e. The van der Waals surface area contributed by atoms with Gasteiger partial charge in [-0.3, -0.25) is 0 Å². The van der Waals surface area contributed by atoms with Crippen LogP contribution >= 0.6 is 23.8 Å². The van der Waals surface area contributed by atoms with E-state index in [1.54, 1.807) is 19.4 Å². The van der Waals surface area contributed by atoms with Gasteiger partial charge in [-0.15, -0.1) is 0 Å². The minimum atomic E-state index is 0.616. The van der Waals surface area contributed by atoms with Crippen LogP contribution in [0.5, 0.6) is 5.75 Å². The summed E-state index contributed by atoms with van der Waals surface area (Å²) < 4.78 is 11.0. The lowest BCUT2D eigenvalue weighted by Gasteiger charge is -2.34. The zero-order valence-corrected chi connectivity index (χ0v) is 19.3. The summed E-state index contributed by atoms with van der Waals surface area (Å²) in [7, 11) is 1.64. The SMILES string of the molecule is CCN1CCN(CCCN(Cc2ccco2)C(=S)Nc2cc(Cl)ccc2OC)CC1. The van der Waals surface area contributed by atoms with Crippen LogP contribution in [0.2, 0.25) is 5.02 Å². The Balaban J connectivity index is 1.59. The van der Waals surface area contributed by atoms with Gasteiger partial charge in [-0.2, -0.15) is 0 Å². The third-order valence-corrected chi connectivity index (χ3v) is 6.03. The molecule has 0 radical (unpaired) electrons. The van der Waals surface area contributed by atoms with Gasteiger partial charge in [0.1, 0.15) is 11.5 Å². The highest BCUT2D eigenvalue weighted by molar-refractivity contribution is 7.80. The number of halogens is 1. The highest BCUT2D eigenvalue weighted by atomic mass is 35.5. The number of nitrogens with one attached hydrogen (secondary N) is 1. The Labute approximate surface area is 189 Å². The molecule has 0 saturated carbocycles. The van der Waals surface area contributed by atoms with Crippen molar-refractivity contribution in [3.63, 3.8) is 0 Å². The summed E-state index contributed by atoms with van der Waals surface area (Å²) in [4.78, 5) is 7.17. The van der Waals surface area contributed by atoms with Crippen molar-refractivity contribution in [2.45, 2.75) is 19.9 Å². The zero-order chi connectivity index (χ0) is 21.3. The van der Waals surface area contributed by atoms with Crippen molar-refractivity contribution in [3.05, 3.63) is 47.4 Å². The minimum absolute atomic E-state index is 0.616. The molecule has 1 N–H and O–H groups in total. The molecule has 2 aromatic rings. The van der Waals surface area contributed by atoms with Crippen molar-refractivity contribution < 1.29 is 9.15 Å². The molecule has 1 fully saturated rings. The Morgan fingerprint density at radius 3 is 2.67 bits per heavy atom. The van der Waals surface area contributed by atoms with Gasteiger partial charge in [-0.05, 0) is 62.1 Å².